The molecule has 20 heavy (non-hydrogen) atoms. The van der Waals surface area contributed by atoms with E-state index in [0.29, 0.717) is 6.04 Å². The van der Waals surface area contributed by atoms with Gasteiger partial charge in [-0.2, -0.15) is 0 Å². The summed E-state index contributed by atoms with van der Waals surface area (Å²) >= 11 is 0. The Morgan fingerprint density at radius 1 is 1.05 bits per heavy atom. The largest absolute Gasteiger partial charge is 0.456 e. The molecule has 0 aliphatic rings. The van der Waals surface area contributed by atoms with Crippen LogP contribution in [0.15, 0.2) is 59.0 Å². The first-order valence-electron chi connectivity index (χ1n) is 7.08. The number of nitrogens with one attached hydrogen (secondary N) is 1. The lowest BCUT2D eigenvalue weighted by Gasteiger charge is -2.14. The number of furan rings is 1. The van der Waals surface area contributed by atoms with Crippen LogP contribution in [0, 0.1) is 0 Å². The molecule has 0 spiro atoms. The molecule has 0 fully saturated rings. The van der Waals surface area contributed by atoms with E-state index in [1.165, 1.54) is 5.56 Å². The second-order valence-electron chi connectivity index (χ2n) is 5.02. The van der Waals surface area contributed by atoms with Gasteiger partial charge in [0.2, 0.25) is 0 Å². The minimum absolute atomic E-state index is 0.388. The number of fused-ring (bicyclic) bond motifs is 1. The number of benzene rings is 2. The SMILES string of the molecule is CCC(NC)c1cccc(-c2cc3ccccc3o2)c1. The van der Waals surface area contributed by atoms with E-state index in [1.54, 1.807) is 0 Å². The summed E-state index contributed by atoms with van der Waals surface area (Å²) in [5.41, 5.74) is 3.37. The number of hydrogen-bond donors (Lipinski definition) is 1. The molecular weight excluding hydrogens is 246 g/mol. The number of hydrogen-bond acceptors (Lipinski definition) is 2. The molecule has 2 nitrogen and oxygen atoms in total. The molecule has 0 bridgehead atoms. The van der Waals surface area contributed by atoms with E-state index in [-0.39, 0.29) is 0 Å². The van der Waals surface area contributed by atoms with Gasteiger partial charge in [0.25, 0.3) is 0 Å². The molecule has 3 aromatic rings. The van der Waals surface area contributed by atoms with Gasteiger partial charge in [-0.1, -0.05) is 43.3 Å². The molecule has 2 heteroatoms. The molecule has 0 aliphatic carbocycles. The standard InChI is InChI=1S/C18H19NO/c1-3-16(19-2)13-8-6-9-14(11-13)18-12-15-7-4-5-10-17(15)20-18/h4-12,16,19H,3H2,1-2H3. The number of rotatable bonds is 4. The molecule has 1 aromatic heterocycles. The third-order valence-electron chi connectivity index (χ3n) is 3.76. The maximum atomic E-state index is 5.94. The van der Waals surface area contributed by atoms with Crippen molar-refractivity contribution < 1.29 is 4.42 Å². The topological polar surface area (TPSA) is 25.2 Å². The summed E-state index contributed by atoms with van der Waals surface area (Å²) in [6.45, 7) is 2.19. The van der Waals surface area contributed by atoms with E-state index in [4.69, 9.17) is 4.42 Å². The van der Waals surface area contributed by atoms with E-state index >= 15 is 0 Å². The summed E-state index contributed by atoms with van der Waals surface area (Å²) in [4.78, 5) is 0. The highest BCUT2D eigenvalue weighted by Gasteiger charge is 2.10. The van der Waals surface area contributed by atoms with Crippen LogP contribution in [0.3, 0.4) is 0 Å². The van der Waals surface area contributed by atoms with E-state index in [9.17, 15) is 0 Å². The molecule has 1 heterocycles. The molecule has 0 aliphatic heterocycles. The highest BCUT2D eigenvalue weighted by atomic mass is 16.3. The van der Waals surface area contributed by atoms with Crippen LogP contribution in [0.2, 0.25) is 0 Å². The normalized spacial score (nSPS) is 12.7. The summed E-state index contributed by atoms with van der Waals surface area (Å²) in [6, 6.07) is 19.2. The lowest BCUT2D eigenvalue weighted by Crippen LogP contribution is -2.14. The summed E-state index contributed by atoms with van der Waals surface area (Å²) in [7, 11) is 2.00. The number of para-hydroxylation sites is 1. The van der Waals surface area contributed by atoms with Crippen molar-refractivity contribution in [2.45, 2.75) is 19.4 Å². The zero-order valence-corrected chi connectivity index (χ0v) is 11.9. The first-order valence-corrected chi connectivity index (χ1v) is 7.08. The van der Waals surface area contributed by atoms with Crippen LogP contribution >= 0.6 is 0 Å². The minimum Gasteiger partial charge on any atom is -0.456 e. The van der Waals surface area contributed by atoms with Crippen LogP contribution in [-0.2, 0) is 0 Å². The first-order chi connectivity index (χ1) is 9.81. The highest BCUT2D eigenvalue weighted by molar-refractivity contribution is 5.82. The lowest BCUT2D eigenvalue weighted by molar-refractivity contribution is 0.576. The Balaban J connectivity index is 2.03. The molecule has 0 radical (unpaired) electrons. The third-order valence-corrected chi connectivity index (χ3v) is 3.76. The quantitative estimate of drug-likeness (QED) is 0.735. The van der Waals surface area contributed by atoms with Gasteiger partial charge < -0.3 is 9.73 Å². The van der Waals surface area contributed by atoms with Crippen molar-refractivity contribution >= 4 is 11.0 Å². The van der Waals surface area contributed by atoms with Crippen LogP contribution in [0.5, 0.6) is 0 Å². The average Bonchev–Trinajstić information content (AvgIpc) is 2.93. The van der Waals surface area contributed by atoms with Crippen LogP contribution in [0.25, 0.3) is 22.3 Å². The fourth-order valence-corrected chi connectivity index (χ4v) is 2.64. The van der Waals surface area contributed by atoms with E-state index < -0.39 is 0 Å². The summed E-state index contributed by atoms with van der Waals surface area (Å²) in [6.07, 6.45) is 1.07. The van der Waals surface area contributed by atoms with Crippen molar-refractivity contribution in [1.29, 1.82) is 0 Å². The average molecular weight is 265 g/mol. The maximum absolute atomic E-state index is 5.94. The van der Waals surface area contributed by atoms with Gasteiger partial charge in [-0.3, -0.25) is 0 Å². The van der Waals surface area contributed by atoms with Gasteiger partial charge in [-0.25, -0.2) is 0 Å². The van der Waals surface area contributed by atoms with E-state index in [1.807, 2.05) is 25.2 Å². The highest BCUT2D eigenvalue weighted by Crippen LogP contribution is 2.29. The van der Waals surface area contributed by atoms with Crippen molar-refractivity contribution in [2.24, 2.45) is 0 Å². The Kier molecular flexibility index (Phi) is 3.57. The van der Waals surface area contributed by atoms with Gasteiger partial charge in [0, 0.05) is 17.0 Å². The van der Waals surface area contributed by atoms with Gasteiger partial charge in [0.05, 0.1) is 0 Å². The minimum atomic E-state index is 0.388. The molecule has 1 unspecified atom stereocenters. The predicted octanol–water partition coefficient (Wildman–Crippen LogP) is 4.77. The van der Waals surface area contributed by atoms with Crippen molar-refractivity contribution in [2.75, 3.05) is 7.05 Å². The van der Waals surface area contributed by atoms with Crippen molar-refractivity contribution in [3.8, 4) is 11.3 Å². The molecule has 0 amide bonds. The predicted molar refractivity (Wildman–Crippen MR) is 83.7 cm³/mol. The third kappa shape index (κ3) is 2.35. The molecular formula is C18H19NO. The van der Waals surface area contributed by atoms with Crippen LogP contribution < -0.4 is 5.32 Å². The fraction of sp³-hybridized carbons (Fsp3) is 0.222. The van der Waals surface area contributed by atoms with Gasteiger partial charge in [0.15, 0.2) is 0 Å². The first kappa shape index (κ1) is 12.9. The Labute approximate surface area is 119 Å². The smallest absolute Gasteiger partial charge is 0.135 e. The maximum Gasteiger partial charge on any atom is 0.135 e. The van der Waals surface area contributed by atoms with Crippen molar-refractivity contribution in [3.63, 3.8) is 0 Å². The Hall–Kier alpha value is -2.06. The van der Waals surface area contributed by atoms with Crippen molar-refractivity contribution in [1.82, 2.24) is 5.32 Å². The summed E-state index contributed by atoms with van der Waals surface area (Å²) < 4.78 is 5.94. The van der Waals surface area contributed by atoms with E-state index in [0.717, 1.165) is 28.7 Å². The molecule has 1 atom stereocenters. The van der Waals surface area contributed by atoms with Gasteiger partial charge in [-0.05, 0) is 37.2 Å². The molecule has 0 saturated heterocycles. The second kappa shape index (κ2) is 5.51. The van der Waals surface area contributed by atoms with Gasteiger partial charge >= 0.3 is 0 Å². The van der Waals surface area contributed by atoms with Crippen molar-refractivity contribution in [3.05, 3.63) is 60.2 Å². The van der Waals surface area contributed by atoms with Crippen LogP contribution in [-0.4, -0.2) is 7.05 Å². The lowest BCUT2D eigenvalue weighted by atomic mass is 10.0. The summed E-state index contributed by atoms with van der Waals surface area (Å²) in [5.74, 6) is 0.930. The van der Waals surface area contributed by atoms with E-state index in [2.05, 4.69) is 48.6 Å². The summed E-state index contributed by atoms with van der Waals surface area (Å²) in [5, 5.41) is 4.49. The van der Waals surface area contributed by atoms with Gasteiger partial charge in [-0.15, -0.1) is 0 Å². The molecule has 3 rings (SSSR count). The zero-order valence-electron chi connectivity index (χ0n) is 11.9. The molecule has 1 N–H and O–H groups in total. The van der Waals surface area contributed by atoms with Crippen LogP contribution in [0.4, 0.5) is 0 Å². The molecule has 2 aromatic carbocycles. The molecule has 102 valence electrons. The van der Waals surface area contributed by atoms with Crippen LogP contribution in [0.1, 0.15) is 24.9 Å². The Morgan fingerprint density at radius 2 is 1.90 bits per heavy atom. The second-order valence-corrected chi connectivity index (χ2v) is 5.02. The fourth-order valence-electron chi connectivity index (χ4n) is 2.64. The Bertz CT molecular complexity index is 677. The zero-order chi connectivity index (χ0) is 13.9. The molecule has 0 saturated carbocycles. The monoisotopic (exact) mass is 265 g/mol. The Morgan fingerprint density at radius 3 is 2.65 bits per heavy atom. The van der Waals surface area contributed by atoms with Gasteiger partial charge in [0.1, 0.15) is 11.3 Å².